The number of aliphatic hydroxyl groups is 1. The molecule has 0 aromatic heterocycles. The second-order valence-electron chi connectivity index (χ2n) is 3.93. The van der Waals surface area contributed by atoms with Crippen LogP contribution in [0.2, 0.25) is 0 Å². The van der Waals surface area contributed by atoms with Crippen LogP contribution in [0, 0.1) is 0 Å². The fourth-order valence-electron chi connectivity index (χ4n) is 1.55. The largest absolute Gasteiger partial charge is 0.491 e. The second-order valence-corrected chi connectivity index (χ2v) is 3.93. The summed E-state index contributed by atoms with van der Waals surface area (Å²) < 4.78 is 10.5. The minimum Gasteiger partial charge on any atom is -0.491 e. The van der Waals surface area contributed by atoms with Crippen molar-refractivity contribution in [3.05, 3.63) is 30.3 Å². The van der Waals surface area contributed by atoms with Gasteiger partial charge in [-0.15, -0.1) is 0 Å². The Kier molecular flexibility index (Phi) is 6.88. The Morgan fingerprint density at radius 1 is 1.37 bits per heavy atom. The van der Waals surface area contributed by atoms with Gasteiger partial charge in [0.1, 0.15) is 18.5 Å². The maximum Gasteiger partial charge on any atom is 0.272 e. The molecule has 0 aliphatic carbocycles. The molecule has 0 aliphatic heterocycles. The lowest BCUT2D eigenvalue weighted by molar-refractivity contribution is -0.143. The Balaban J connectivity index is 2.40. The van der Waals surface area contributed by atoms with E-state index in [-0.39, 0.29) is 13.0 Å². The van der Waals surface area contributed by atoms with Gasteiger partial charge in [0, 0.05) is 13.0 Å². The maximum atomic E-state index is 11.3. The van der Waals surface area contributed by atoms with Crippen LogP contribution >= 0.6 is 0 Å². The Labute approximate surface area is 111 Å². The monoisotopic (exact) mass is 269 g/mol. The van der Waals surface area contributed by atoms with Crippen molar-refractivity contribution in [2.24, 2.45) is 0 Å². The number of carbonyl (C=O) groups excluding carboxylic acids is 1. The number of hydrogen-bond acceptors (Lipinski definition) is 5. The van der Waals surface area contributed by atoms with E-state index in [2.05, 4.69) is 0 Å². The number of benzene rings is 1. The molecule has 0 saturated heterocycles. The first kappa shape index (κ1) is 15.4. The van der Waals surface area contributed by atoms with Crippen molar-refractivity contribution in [2.75, 3.05) is 13.2 Å². The van der Waals surface area contributed by atoms with E-state index in [9.17, 15) is 9.90 Å². The molecule has 1 aromatic rings. The molecule has 1 aromatic carbocycles. The van der Waals surface area contributed by atoms with Gasteiger partial charge in [-0.1, -0.05) is 18.2 Å². The number of ether oxygens (including phenoxy) is 2. The molecule has 0 aliphatic rings. The molecule has 106 valence electrons. The third-order valence-corrected chi connectivity index (χ3v) is 2.44. The smallest absolute Gasteiger partial charge is 0.272 e. The second kappa shape index (κ2) is 8.47. The molecule has 0 fully saturated rings. The summed E-state index contributed by atoms with van der Waals surface area (Å²) >= 11 is 0. The lowest BCUT2D eigenvalue weighted by Gasteiger charge is -2.18. The SMILES string of the molecule is CCOC(CC(O)COc1ccccc1)C(=O)NO. The van der Waals surface area contributed by atoms with Crippen LogP contribution in [-0.4, -0.2) is 41.6 Å². The van der Waals surface area contributed by atoms with E-state index in [1.165, 1.54) is 5.48 Å². The predicted molar refractivity (Wildman–Crippen MR) is 67.9 cm³/mol. The number of hydroxylamine groups is 1. The van der Waals surface area contributed by atoms with E-state index in [1.807, 2.05) is 18.2 Å². The molecule has 0 bridgehead atoms. The van der Waals surface area contributed by atoms with Gasteiger partial charge in [-0.2, -0.15) is 0 Å². The highest BCUT2D eigenvalue weighted by atomic mass is 16.5. The Morgan fingerprint density at radius 2 is 2.05 bits per heavy atom. The van der Waals surface area contributed by atoms with Crippen molar-refractivity contribution in [3.63, 3.8) is 0 Å². The van der Waals surface area contributed by atoms with Gasteiger partial charge in [0.05, 0.1) is 6.10 Å². The number of nitrogens with one attached hydrogen (secondary N) is 1. The van der Waals surface area contributed by atoms with E-state index < -0.39 is 18.1 Å². The number of hydrogen-bond donors (Lipinski definition) is 3. The van der Waals surface area contributed by atoms with Gasteiger partial charge < -0.3 is 14.6 Å². The average molecular weight is 269 g/mol. The summed E-state index contributed by atoms with van der Waals surface area (Å²) in [4.78, 5) is 11.3. The summed E-state index contributed by atoms with van der Waals surface area (Å²) in [5.41, 5.74) is 1.51. The van der Waals surface area contributed by atoms with Crippen molar-refractivity contribution in [3.8, 4) is 5.75 Å². The summed E-state index contributed by atoms with van der Waals surface area (Å²) in [6.45, 7) is 2.08. The molecule has 2 unspecified atom stereocenters. The Hall–Kier alpha value is -1.63. The summed E-state index contributed by atoms with van der Waals surface area (Å²) in [6, 6.07) is 9.05. The molecule has 6 heteroatoms. The molecule has 0 heterocycles. The topological polar surface area (TPSA) is 88.0 Å². The van der Waals surface area contributed by atoms with Gasteiger partial charge in [-0.3, -0.25) is 10.0 Å². The summed E-state index contributed by atoms with van der Waals surface area (Å²) in [6.07, 6.45) is -1.72. The molecule has 6 nitrogen and oxygen atoms in total. The molecule has 3 N–H and O–H groups in total. The highest BCUT2D eigenvalue weighted by Crippen LogP contribution is 2.10. The lowest BCUT2D eigenvalue weighted by atomic mass is 10.1. The van der Waals surface area contributed by atoms with Gasteiger partial charge in [-0.25, -0.2) is 5.48 Å². The van der Waals surface area contributed by atoms with Gasteiger partial charge in [0.25, 0.3) is 5.91 Å². The van der Waals surface area contributed by atoms with Crippen LogP contribution in [0.4, 0.5) is 0 Å². The number of amides is 1. The minimum atomic E-state index is -0.899. The standard InChI is InChI=1S/C13H19NO5/c1-2-18-12(13(16)14-17)8-10(15)9-19-11-6-4-3-5-7-11/h3-7,10,12,15,17H,2,8-9H2,1H3,(H,14,16). The van der Waals surface area contributed by atoms with E-state index >= 15 is 0 Å². The van der Waals surface area contributed by atoms with Gasteiger partial charge in [-0.05, 0) is 19.1 Å². The third kappa shape index (κ3) is 5.69. The van der Waals surface area contributed by atoms with Crippen molar-refractivity contribution in [1.29, 1.82) is 0 Å². The first-order chi connectivity index (χ1) is 9.17. The Morgan fingerprint density at radius 3 is 2.63 bits per heavy atom. The molecule has 1 rings (SSSR count). The van der Waals surface area contributed by atoms with Crippen LogP contribution in [0.3, 0.4) is 0 Å². The third-order valence-electron chi connectivity index (χ3n) is 2.44. The zero-order valence-corrected chi connectivity index (χ0v) is 10.8. The molecule has 0 saturated carbocycles. The fourth-order valence-corrected chi connectivity index (χ4v) is 1.55. The summed E-state index contributed by atoms with van der Waals surface area (Å²) in [7, 11) is 0. The number of carbonyl (C=O) groups is 1. The molecule has 0 spiro atoms. The zero-order valence-electron chi connectivity index (χ0n) is 10.8. The van der Waals surface area contributed by atoms with Crippen LogP contribution in [0.25, 0.3) is 0 Å². The summed E-state index contributed by atoms with van der Waals surface area (Å²) in [5, 5.41) is 18.3. The van der Waals surface area contributed by atoms with Gasteiger partial charge in [0.15, 0.2) is 0 Å². The van der Waals surface area contributed by atoms with Crippen LogP contribution in [-0.2, 0) is 9.53 Å². The van der Waals surface area contributed by atoms with Gasteiger partial charge >= 0.3 is 0 Å². The van der Waals surface area contributed by atoms with E-state index in [1.54, 1.807) is 19.1 Å². The fraction of sp³-hybridized carbons (Fsp3) is 0.462. The average Bonchev–Trinajstić information content (AvgIpc) is 2.45. The molecular formula is C13H19NO5. The Bertz CT molecular complexity index is 371. The van der Waals surface area contributed by atoms with Crippen LogP contribution < -0.4 is 10.2 Å². The van der Waals surface area contributed by atoms with Crippen molar-refractivity contribution < 1.29 is 24.6 Å². The van der Waals surface area contributed by atoms with Crippen molar-refractivity contribution >= 4 is 5.91 Å². The first-order valence-corrected chi connectivity index (χ1v) is 6.08. The molecule has 1 amide bonds. The molecular weight excluding hydrogens is 250 g/mol. The van der Waals surface area contributed by atoms with E-state index in [0.717, 1.165) is 0 Å². The van der Waals surface area contributed by atoms with E-state index in [0.29, 0.717) is 12.4 Å². The summed E-state index contributed by atoms with van der Waals surface area (Å²) in [5.74, 6) is -0.0401. The maximum absolute atomic E-state index is 11.3. The zero-order chi connectivity index (χ0) is 14.1. The molecule has 2 atom stereocenters. The number of rotatable bonds is 8. The molecule has 19 heavy (non-hydrogen) atoms. The minimum absolute atomic E-state index is 0.0479. The highest BCUT2D eigenvalue weighted by molar-refractivity contribution is 5.79. The van der Waals surface area contributed by atoms with Crippen LogP contribution in [0.1, 0.15) is 13.3 Å². The van der Waals surface area contributed by atoms with Crippen LogP contribution in [0.15, 0.2) is 30.3 Å². The highest BCUT2D eigenvalue weighted by Gasteiger charge is 2.22. The lowest BCUT2D eigenvalue weighted by Crippen LogP contribution is -2.38. The first-order valence-electron chi connectivity index (χ1n) is 6.08. The predicted octanol–water partition coefficient (Wildman–Crippen LogP) is 0.727. The van der Waals surface area contributed by atoms with Crippen molar-refractivity contribution in [1.82, 2.24) is 5.48 Å². The number of para-hydroxylation sites is 1. The normalized spacial score (nSPS) is 13.6. The van der Waals surface area contributed by atoms with Crippen molar-refractivity contribution in [2.45, 2.75) is 25.6 Å². The van der Waals surface area contributed by atoms with E-state index in [4.69, 9.17) is 14.7 Å². The van der Waals surface area contributed by atoms with Crippen LogP contribution in [0.5, 0.6) is 5.75 Å². The molecule has 0 radical (unpaired) electrons. The number of aliphatic hydroxyl groups excluding tert-OH is 1. The quantitative estimate of drug-likeness (QED) is 0.478. The van der Waals surface area contributed by atoms with Gasteiger partial charge in [0.2, 0.25) is 0 Å².